The number of ketones is 1. The predicted octanol–water partition coefficient (Wildman–Crippen LogP) is 3.40. The van der Waals surface area contributed by atoms with Crippen LogP contribution in [0.25, 0.3) is 5.76 Å². The molecule has 2 saturated heterocycles. The molecule has 8 heteroatoms. The van der Waals surface area contributed by atoms with Gasteiger partial charge in [-0.25, -0.2) is 0 Å². The first kappa shape index (κ1) is 25.5. The van der Waals surface area contributed by atoms with Crippen molar-refractivity contribution >= 4 is 17.4 Å². The highest BCUT2D eigenvalue weighted by molar-refractivity contribution is 6.46. The topological polar surface area (TPSA) is 88.5 Å². The number of hydrogen-bond acceptors (Lipinski definition) is 7. The summed E-state index contributed by atoms with van der Waals surface area (Å²) in [5.41, 5.74) is 1.13. The lowest BCUT2D eigenvalue weighted by molar-refractivity contribution is -0.140. The van der Waals surface area contributed by atoms with Crippen molar-refractivity contribution in [3.63, 3.8) is 0 Å². The van der Waals surface area contributed by atoms with Crippen molar-refractivity contribution < 1.29 is 28.9 Å². The first-order chi connectivity index (χ1) is 17.5. The van der Waals surface area contributed by atoms with Crippen molar-refractivity contribution in [3.05, 3.63) is 77.9 Å². The molecule has 1 atom stereocenters. The van der Waals surface area contributed by atoms with Crippen LogP contribution in [0.4, 0.5) is 0 Å². The standard InChI is InChI=1S/C28H32N2O6/c1-3-17-36-21-11-9-20(10-12-21)26(31)24-25(22-7-4-5-8-23(22)34-2)30(28(33)27(24)32)14-6-13-29-15-18-35-19-16-29/h3-5,7-12,25,31H,1,6,13-19H2,2H3/b26-24+. The number of morpholine rings is 1. The lowest BCUT2D eigenvalue weighted by Gasteiger charge is -2.29. The predicted molar refractivity (Wildman–Crippen MR) is 136 cm³/mol. The fourth-order valence-electron chi connectivity index (χ4n) is 4.64. The molecule has 0 aliphatic carbocycles. The highest BCUT2D eigenvalue weighted by atomic mass is 16.5. The van der Waals surface area contributed by atoms with E-state index in [1.165, 1.54) is 0 Å². The van der Waals surface area contributed by atoms with Crippen molar-refractivity contribution in [2.24, 2.45) is 0 Å². The molecule has 0 bridgehead atoms. The van der Waals surface area contributed by atoms with Crippen molar-refractivity contribution in [1.29, 1.82) is 0 Å². The molecule has 1 unspecified atom stereocenters. The number of benzene rings is 2. The Morgan fingerprint density at radius 3 is 2.53 bits per heavy atom. The van der Waals surface area contributed by atoms with Gasteiger partial charge in [-0.1, -0.05) is 30.9 Å². The van der Waals surface area contributed by atoms with E-state index in [0.717, 1.165) is 19.6 Å². The van der Waals surface area contributed by atoms with Gasteiger partial charge in [0.15, 0.2) is 0 Å². The van der Waals surface area contributed by atoms with Gasteiger partial charge in [-0.3, -0.25) is 14.5 Å². The summed E-state index contributed by atoms with van der Waals surface area (Å²) in [5.74, 6) is -0.407. The molecular weight excluding hydrogens is 460 g/mol. The number of aliphatic hydroxyl groups excluding tert-OH is 1. The zero-order valence-corrected chi connectivity index (χ0v) is 20.5. The summed E-state index contributed by atoms with van der Waals surface area (Å²) in [6.07, 6.45) is 2.33. The molecule has 2 aliphatic rings. The van der Waals surface area contributed by atoms with Gasteiger partial charge >= 0.3 is 0 Å². The molecule has 1 N–H and O–H groups in total. The summed E-state index contributed by atoms with van der Waals surface area (Å²) in [6.45, 7) is 8.24. The summed E-state index contributed by atoms with van der Waals surface area (Å²) in [7, 11) is 1.55. The van der Waals surface area contributed by atoms with Gasteiger partial charge in [0, 0.05) is 37.3 Å². The molecule has 2 aromatic carbocycles. The van der Waals surface area contributed by atoms with Crippen molar-refractivity contribution in [2.45, 2.75) is 12.5 Å². The third-order valence-corrected chi connectivity index (χ3v) is 6.45. The third-order valence-electron chi connectivity index (χ3n) is 6.45. The Morgan fingerprint density at radius 1 is 1.11 bits per heavy atom. The number of hydrogen-bond donors (Lipinski definition) is 1. The fourth-order valence-corrected chi connectivity index (χ4v) is 4.64. The maximum absolute atomic E-state index is 13.3. The first-order valence-corrected chi connectivity index (χ1v) is 12.1. The van der Waals surface area contributed by atoms with Crippen LogP contribution in [0.5, 0.6) is 11.5 Å². The van der Waals surface area contributed by atoms with Crippen LogP contribution in [-0.2, 0) is 14.3 Å². The lowest BCUT2D eigenvalue weighted by atomic mass is 9.94. The normalized spacial score (nSPS) is 19.9. The minimum Gasteiger partial charge on any atom is -0.507 e. The Balaban J connectivity index is 1.67. The second-order valence-electron chi connectivity index (χ2n) is 8.67. The van der Waals surface area contributed by atoms with E-state index in [4.69, 9.17) is 14.2 Å². The van der Waals surface area contributed by atoms with Crippen LogP contribution in [-0.4, -0.2) is 79.7 Å². The average Bonchev–Trinajstić information content (AvgIpc) is 3.17. The molecule has 8 nitrogen and oxygen atoms in total. The highest BCUT2D eigenvalue weighted by Crippen LogP contribution is 2.42. The van der Waals surface area contributed by atoms with Crippen LogP contribution in [0.1, 0.15) is 23.6 Å². The molecule has 0 aromatic heterocycles. The Labute approximate surface area is 211 Å². The van der Waals surface area contributed by atoms with E-state index < -0.39 is 17.7 Å². The zero-order chi connectivity index (χ0) is 25.5. The molecule has 190 valence electrons. The lowest BCUT2D eigenvalue weighted by Crippen LogP contribution is -2.39. The Kier molecular flexibility index (Phi) is 8.40. The van der Waals surface area contributed by atoms with Gasteiger partial charge in [0.2, 0.25) is 0 Å². The molecule has 36 heavy (non-hydrogen) atoms. The van der Waals surface area contributed by atoms with E-state index in [-0.39, 0.29) is 11.3 Å². The van der Waals surface area contributed by atoms with E-state index in [0.29, 0.717) is 55.4 Å². The largest absolute Gasteiger partial charge is 0.507 e. The van der Waals surface area contributed by atoms with Crippen LogP contribution in [0.3, 0.4) is 0 Å². The molecule has 2 aliphatic heterocycles. The van der Waals surface area contributed by atoms with Gasteiger partial charge in [-0.2, -0.15) is 0 Å². The number of aliphatic hydroxyl groups is 1. The Morgan fingerprint density at radius 2 is 1.83 bits per heavy atom. The van der Waals surface area contributed by atoms with E-state index in [2.05, 4.69) is 11.5 Å². The number of carbonyl (C=O) groups excluding carboxylic acids is 2. The van der Waals surface area contributed by atoms with Crippen molar-refractivity contribution in [1.82, 2.24) is 9.80 Å². The number of likely N-dealkylation sites (tertiary alicyclic amines) is 1. The number of carbonyl (C=O) groups is 2. The quantitative estimate of drug-likeness (QED) is 0.235. The molecular formula is C28H32N2O6. The van der Waals surface area contributed by atoms with Gasteiger partial charge in [0.1, 0.15) is 23.9 Å². The SMILES string of the molecule is C=CCOc1ccc(/C(O)=C2\C(=O)C(=O)N(CCCN3CCOCC3)C2c2ccccc2OC)cc1. The van der Waals surface area contributed by atoms with E-state index >= 15 is 0 Å². The maximum Gasteiger partial charge on any atom is 0.295 e. The van der Waals surface area contributed by atoms with Crippen LogP contribution < -0.4 is 9.47 Å². The summed E-state index contributed by atoms with van der Waals surface area (Å²) < 4.78 is 16.5. The molecule has 2 aromatic rings. The molecule has 2 fully saturated rings. The molecule has 0 spiro atoms. The van der Waals surface area contributed by atoms with E-state index in [1.54, 1.807) is 48.4 Å². The van der Waals surface area contributed by atoms with Gasteiger partial charge in [-0.05, 0) is 36.8 Å². The molecule has 0 radical (unpaired) electrons. The highest BCUT2D eigenvalue weighted by Gasteiger charge is 2.46. The smallest absolute Gasteiger partial charge is 0.295 e. The molecule has 1 amide bonds. The van der Waals surface area contributed by atoms with Gasteiger partial charge in [0.05, 0.1) is 31.9 Å². The number of para-hydroxylation sites is 1. The zero-order valence-electron chi connectivity index (χ0n) is 20.5. The fraction of sp³-hybridized carbons (Fsp3) is 0.357. The summed E-state index contributed by atoms with van der Waals surface area (Å²) in [6, 6.07) is 13.2. The first-order valence-electron chi connectivity index (χ1n) is 12.1. The minimum absolute atomic E-state index is 0.0515. The minimum atomic E-state index is -0.762. The number of rotatable bonds is 10. The second-order valence-corrected chi connectivity index (χ2v) is 8.67. The monoisotopic (exact) mass is 492 g/mol. The van der Waals surface area contributed by atoms with Crippen molar-refractivity contribution in [3.8, 4) is 11.5 Å². The van der Waals surface area contributed by atoms with E-state index in [1.807, 2.05) is 18.2 Å². The number of ether oxygens (including phenoxy) is 3. The Hall–Kier alpha value is -3.62. The summed E-state index contributed by atoms with van der Waals surface area (Å²) in [5, 5.41) is 11.3. The number of Topliss-reactive ketones (excluding diaryl/α,β-unsaturated/α-hetero) is 1. The van der Waals surface area contributed by atoms with Crippen LogP contribution in [0.2, 0.25) is 0 Å². The molecule has 4 rings (SSSR count). The van der Waals surface area contributed by atoms with E-state index in [9.17, 15) is 14.7 Å². The number of nitrogens with zero attached hydrogens (tertiary/aromatic N) is 2. The summed E-state index contributed by atoms with van der Waals surface area (Å²) >= 11 is 0. The van der Waals surface area contributed by atoms with Gasteiger partial charge in [-0.15, -0.1) is 0 Å². The third kappa shape index (κ3) is 5.45. The van der Waals surface area contributed by atoms with Gasteiger partial charge < -0.3 is 24.2 Å². The number of amides is 1. The maximum atomic E-state index is 13.3. The van der Waals surface area contributed by atoms with Crippen molar-refractivity contribution in [2.75, 3.05) is 53.1 Å². The van der Waals surface area contributed by atoms with Crippen LogP contribution in [0.15, 0.2) is 66.8 Å². The Bertz CT molecular complexity index is 1120. The average molecular weight is 493 g/mol. The van der Waals surface area contributed by atoms with Crippen LogP contribution >= 0.6 is 0 Å². The van der Waals surface area contributed by atoms with Gasteiger partial charge in [0.25, 0.3) is 11.7 Å². The molecule has 0 saturated carbocycles. The number of methoxy groups -OCH3 is 1. The summed E-state index contributed by atoms with van der Waals surface area (Å²) in [4.78, 5) is 30.3. The van der Waals surface area contributed by atoms with Crippen LogP contribution in [0, 0.1) is 0 Å². The molecule has 2 heterocycles. The second kappa shape index (κ2) is 11.9.